The lowest BCUT2D eigenvalue weighted by Gasteiger charge is -2.39. The van der Waals surface area contributed by atoms with Crippen LogP contribution in [0.5, 0.6) is 0 Å². The van der Waals surface area contributed by atoms with E-state index in [2.05, 4.69) is 28.1 Å². The summed E-state index contributed by atoms with van der Waals surface area (Å²) in [5, 5.41) is 2.85. The van der Waals surface area contributed by atoms with Gasteiger partial charge in [0.1, 0.15) is 0 Å². The zero-order chi connectivity index (χ0) is 20.1. The maximum absolute atomic E-state index is 13.2. The highest BCUT2D eigenvalue weighted by molar-refractivity contribution is 5.99. The largest absolute Gasteiger partial charge is 0.383 e. The Labute approximate surface area is 167 Å². The third kappa shape index (κ3) is 4.71. The lowest BCUT2D eigenvalue weighted by molar-refractivity contribution is -0.126. The summed E-state index contributed by atoms with van der Waals surface area (Å²) in [7, 11) is 1.62. The number of hydrogen-bond acceptors (Lipinski definition) is 5. The Morgan fingerprint density at radius 1 is 1.21 bits per heavy atom. The summed E-state index contributed by atoms with van der Waals surface area (Å²) in [6.07, 6.45) is 0.917. The van der Waals surface area contributed by atoms with Crippen molar-refractivity contribution in [1.82, 2.24) is 15.1 Å². The van der Waals surface area contributed by atoms with Crippen LogP contribution in [0, 0.1) is 0 Å². The molecule has 28 heavy (non-hydrogen) atoms. The van der Waals surface area contributed by atoms with Crippen molar-refractivity contribution in [3.05, 3.63) is 29.8 Å². The number of carbonyl (C=O) groups is 2. The number of para-hydroxylation sites is 1. The average molecular weight is 389 g/mol. The van der Waals surface area contributed by atoms with Crippen LogP contribution in [0.3, 0.4) is 0 Å². The molecule has 2 unspecified atom stereocenters. The number of anilines is 1. The van der Waals surface area contributed by atoms with Crippen LogP contribution in [-0.4, -0.2) is 86.7 Å². The molecule has 0 aromatic heterocycles. The minimum absolute atomic E-state index is 0.0251. The Morgan fingerprint density at radius 2 is 1.93 bits per heavy atom. The van der Waals surface area contributed by atoms with Gasteiger partial charge in [0, 0.05) is 51.6 Å². The first-order valence-corrected chi connectivity index (χ1v) is 10.1. The number of rotatable bonds is 7. The van der Waals surface area contributed by atoms with Gasteiger partial charge in [0.25, 0.3) is 0 Å². The van der Waals surface area contributed by atoms with Gasteiger partial charge in [-0.2, -0.15) is 0 Å². The van der Waals surface area contributed by atoms with Gasteiger partial charge in [-0.15, -0.1) is 0 Å². The quantitative estimate of drug-likeness (QED) is 0.698. The molecule has 0 saturated carbocycles. The Hall–Kier alpha value is -1.96. The number of methoxy groups -OCH3 is 1. The highest BCUT2D eigenvalue weighted by atomic mass is 16.5. The number of carbonyl (C=O) groups excluding carboxylic acids is 2. The number of amides is 2. The number of piperazine rings is 1. The molecule has 7 nitrogen and oxygen atoms in total. The van der Waals surface area contributed by atoms with Crippen LogP contribution in [0.25, 0.3) is 0 Å². The molecule has 7 heteroatoms. The summed E-state index contributed by atoms with van der Waals surface area (Å²) >= 11 is 0. The molecule has 3 rings (SSSR count). The molecule has 2 amide bonds. The van der Waals surface area contributed by atoms with Crippen molar-refractivity contribution < 1.29 is 14.3 Å². The standard InChI is InChI=1S/C21H32N4O3/c1-16-14-18-6-4-5-7-19(18)25(16)21(27)17(2)24-11-9-23(10-12-24)15-20(26)22-8-13-28-3/h4-7,16-17H,8-15H2,1-3H3,(H,22,26). The zero-order valence-corrected chi connectivity index (χ0v) is 17.2. The maximum Gasteiger partial charge on any atom is 0.244 e. The van der Waals surface area contributed by atoms with Gasteiger partial charge in [0.05, 0.1) is 19.2 Å². The summed E-state index contributed by atoms with van der Waals surface area (Å²) in [5.74, 6) is 0.195. The van der Waals surface area contributed by atoms with Gasteiger partial charge in [-0.25, -0.2) is 0 Å². The van der Waals surface area contributed by atoms with E-state index in [1.54, 1.807) is 7.11 Å². The highest BCUT2D eigenvalue weighted by Crippen LogP contribution is 2.32. The molecule has 0 bridgehead atoms. The minimum atomic E-state index is -0.161. The summed E-state index contributed by atoms with van der Waals surface area (Å²) in [4.78, 5) is 31.5. The van der Waals surface area contributed by atoms with Crippen molar-refractivity contribution >= 4 is 17.5 Å². The SMILES string of the molecule is COCCNC(=O)CN1CCN(C(C)C(=O)N2c3ccccc3CC2C)CC1. The lowest BCUT2D eigenvalue weighted by Crippen LogP contribution is -2.56. The molecule has 0 aliphatic carbocycles. The molecule has 0 radical (unpaired) electrons. The minimum Gasteiger partial charge on any atom is -0.383 e. The number of nitrogens with one attached hydrogen (secondary N) is 1. The van der Waals surface area contributed by atoms with Gasteiger partial charge in [-0.05, 0) is 31.9 Å². The van der Waals surface area contributed by atoms with Crippen molar-refractivity contribution in [3.63, 3.8) is 0 Å². The van der Waals surface area contributed by atoms with E-state index in [4.69, 9.17) is 4.74 Å². The summed E-state index contributed by atoms with van der Waals surface area (Å²) in [5.41, 5.74) is 2.30. The van der Waals surface area contributed by atoms with E-state index < -0.39 is 0 Å². The lowest BCUT2D eigenvalue weighted by atomic mass is 10.1. The van der Waals surface area contributed by atoms with Crippen LogP contribution >= 0.6 is 0 Å². The van der Waals surface area contributed by atoms with Gasteiger partial charge in [0.2, 0.25) is 11.8 Å². The van der Waals surface area contributed by atoms with E-state index in [9.17, 15) is 9.59 Å². The molecule has 1 fully saturated rings. The second-order valence-electron chi connectivity index (χ2n) is 7.72. The van der Waals surface area contributed by atoms with Gasteiger partial charge in [-0.3, -0.25) is 19.4 Å². The fraction of sp³-hybridized carbons (Fsp3) is 0.619. The first-order valence-electron chi connectivity index (χ1n) is 10.1. The van der Waals surface area contributed by atoms with Crippen molar-refractivity contribution in [2.24, 2.45) is 0 Å². The normalized spacial score (nSPS) is 21.4. The monoisotopic (exact) mass is 388 g/mol. The second kappa shape index (κ2) is 9.49. The maximum atomic E-state index is 13.2. The molecule has 1 aromatic rings. The molecule has 0 spiro atoms. The zero-order valence-electron chi connectivity index (χ0n) is 17.2. The molecule has 2 atom stereocenters. The van der Waals surface area contributed by atoms with Crippen LogP contribution in [0.15, 0.2) is 24.3 Å². The van der Waals surface area contributed by atoms with Crippen molar-refractivity contribution in [2.45, 2.75) is 32.4 Å². The van der Waals surface area contributed by atoms with Crippen LogP contribution in [0.2, 0.25) is 0 Å². The van der Waals surface area contributed by atoms with E-state index >= 15 is 0 Å². The Balaban J connectivity index is 1.50. The summed E-state index contributed by atoms with van der Waals surface area (Å²) in [6, 6.07) is 8.23. The molecular formula is C21H32N4O3. The van der Waals surface area contributed by atoms with E-state index in [0.717, 1.165) is 38.3 Å². The number of fused-ring (bicyclic) bond motifs is 1. The molecule has 2 aliphatic rings. The van der Waals surface area contributed by atoms with Crippen molar-refractivity contribution in [1.29, 1.82) is 0 Å². The van der Waals surface area contributed by atoms with E-state index in [1.165, 1.54) is 5.56 Å². The number of hydrogen-bond donors (Lipinski definition) is 1. The van der Waals surface area contributed by atoms with E-state index in [-0.39, 0.29) is 23.9 Å². The molecule has 154 valence electrons. The van der Waals surface area contributed by atoms with E-state index in [1.807, 2.05) is 30.0 Å². The molecular weight excluding hydrogens is 356 g/mol. The first-order chi connectivity index (χ1) is 13.5. The molecule has 2 aliphatic heterocycles. The van der Waals surface area contributed by atoms with Gasteiger partial charge in [0.15, 0.2) is 0 Å². The number of ether oxygens (including phenoxy) is 1. The predicted molar refractivity (Wildman–Crippen MR) is 109 cm³/mol. The summed E-state index contributed by atoms with van der Waals surface area (Å²) in [6.45, 7) is 8.75. The Morgan fingerprint density at radius 3 is 2.64 bits per heavy atom. The number of nitrogens with zero attached hydrogens (tertiary/aromatic N) is 3. The fourth-order valence-electron chi connectivity index (χ4n) is 4.12. The predicted octanol–water partition coefficient (Wildman–Crippen LogP) is 0.733. The average Bonchev–Trinajstić information content (AvgIpc) is 3.03. The van der Waals surface area contributed by atoms with Gasteiger partial charge < -0.3 is 15.0 Å². The fourth-order valence-corrected chi connectivity index (χ4v) is 4.12. The third-order valence-corrected chi connectivity index (χ3v) is 5.75. The first kappa shape index (κ1) is 20.8. The topological polar surface area (TPSA) is 65.1 Å². The highest BCUT2D eigenvalue weighted by Gasteiger charge is 2.35. The van der Waals surface area contributed by atoms with Gasteiger partial charge in [-0.1, -0.05) is 18.2 Å². The Kier molecular flexibility index (Phi) is 7.04. The third-order valence-electron chi connectivity index (χ3n) is 5.75. The van der Waals surface area contributed by atoms with Crippen LogP contribution in [-0.2, 0) is 20.7 Å². The molecule has 1 saturated heterocycles. The molecule has 1 N–H and O–H groups in total. The molecule has 2 heterocycles. The van der Waals surface area contributed by atoms with Gasteiger partial charge >= 0.3 is 0 Å². The number of benzene rings is 1. The van der Waals surface area contributed by atoms with Crippen molar-refractivity contribution in [2.75, 3.05) is 57.9 Å². The Bertz CT molecular complexity index is 688. The molecule has 1 aromatic carbocycles. The second-order valence-corrected chi connectivity index (χ2v) is 7.72. The van der Waals surface area contributed by atoms with Crippen LogP contribution in [0.4, 0.5) is 5.69 Å². The van der Waals surface area contributed by atoms with E-state index in [0.29, 0.717) is 19.7 Å². The van der Waals surface area contributed by atoms with Crippen LogP contribution in [0.1, 0.15) is 19.4 Å². The van der Waals surface area contributed by atoms with Crippen molar-refractivity contribution in [3.8, 4) is 0 Å². The van der Waals surface area contributed by atoms with Crippen LogP contribution < -0.4 is 10.2 Å². The smallest absolute Gasteiger partial charge is 0.244 e. The summed E-state index contributed by atoms with van der Waals surface area (Å²) < 4.78 is 4.95.